The molecule has 1 aliphatic rings. The fraction of sp³-hybridized carbons (Fsp3) is 0.368. The normalized spacial score (nSPS) is 23.4. The van der Waals surface area contributed by atoms with Crippen molar-refractivity contribution in [2.45, 2.75) is 44.9 Å². The molecule has 1 aromatic rings. The quantitative estimate of drug-likeness (QED) is 0.599. The molecule has 0 N–H and O–H groups in total. The minimum Gasteiger partial charge on any atom is -0.0991 e. The second-order valence-corrected chi connectivity index (χ2v) is 5.37. The molecule has 1 aliphatic carbocycles. The van der Waals surface area contributed by atoms with Crippen molar-refractivity contribution >= 4 is 0 Å². The zero-order valence-corrected chi connectivity index (χ0v) is 12.1. The van der Waals surface area contributed by atoms with E-state index in [2.05, 4.69) is 62.9 Å². The largest absolute Gasteiger partial charge is 0.0991 e. The molecule has 0 saturated carbocycles. The Kier molecular flexibility index (Phi) is 4.79. The van der Waals surface area contributed by atoms with Gasteiger partial charge in [0.15, 0.2) is 0 Å². The third-order valence-corrected chi connectivity index (χ3v) is 4.06. The van der Waals surface area contributed by atoms with Crippen LogP contribution in [0.5, 0.6) is 0 Å². The number of benzene rings is 1. The van der Waals surface area contributed by atoms with Crippen LogP contribution in [0.25, 0.3) is 0 Å². The lowest BCUT2D eigenvalue weighted by Gasteiger charge is -2.30. The Hall–Kier alpha value is -1.56. The second kappa shape index (κ2) is 6.56. The Balaban J connectivity index is 2.40. The van der Waals surface area contributed by atoms with E-state index in [1.807, 2.05) is 6.08 Å². The highest BCUT2D eigenvalue weighted by atomic mass is 14.3. The van der Waals surface area contributed by atoms with E-state index in [-0.39, 0.29) is 0 Å². The average molecular weight is 252 g/mol. The van der Waals surface area contributed by atoms with Gasteiger partial charge in [-0.2, -0.15) is 0 Å². The van der Waals surface area contributed by atoms with Crippen LogP contribution in [0.1, 0.15) is 56.1 Å². The van der Waals surface area contributed by atoms with Gasteiger partial charge in [-0.3, -0.25) is 0 Å². The maximum atomic E-state index is 3.78. The topological polar surface area (TPSA) is 0 Å². The Bertz CT molecular complexity index is 491. The minimum absolute atomic E-state index is 0.559. The first kappa shape index (κ1) is 13.9. The third kappa shape index (κ3) is 3.07. The molecule has 0 bridgehead atoms. The van der Waals surface area contributed by atoms with Crippen LogP contribution in [0.2, 0.25) is 0 Å². The fourth-order valence-corrected chi connectivity index (χ4v) is 3.09. The van der Waals surface area contributed by atoms with E-state index in [9.17, 15) is 0 Å². The Morgan fingerprint density at radius 1 is 1.26 bits per heavy atom. The smallest absolute Gasteiger partial charge is 0.00892 e. The molecule has 19 heavy (non-hydrogen) atoms. The highest BCUT2D eigenvalue weighted by Gasteiger charge is 2.25. The Labute approximate surface area is 117 Å². The minimum atomic E-state index is 0.559. The van der Waals surface area contributed by atoms with Crippen molar-refractivity contribution in [3.63, 3.8) is 0 Å². The molecular formula is C19H24. The summed E-state index contributed by atoms with van der Waals surface area (Å²) in [5.74, 6) is 1.25. The zero-order chi connectivity index (χ0) is 13.7. The van der Waals surface area contributed by atoms with Gasteiger partial charge in [0.1, 0.15) is 0 Å². The van der Waals surface area contributed by atoms with Gasteiger partial charge in [0.05, 0.1) is 0 Å². The van der Waals surface area contributed by atoms with E-state index in [0.29, 0.717) is 11.8 Å². The molecule has 0 unspecified atom stereocenters. The van der Waals surface area contributed by atoms with Crippen LogP contribution in [0.3, 0.4) is 0 Å². The highest BCUT2D eigenvalue weighted by molar-refractivity contribution is 5.43. The van der Waals surface area contributed by atoms with E-state index in [1.165, 1.54) is 29.5 Å². The van der Waals surface area contributed by atoms with Gasteiger partial charge in [-0.25, -0.2) is 0 Å². The van der Waals surface area contributed by atoms with E-state index in [1.54, 1.807) is 0 Å². The molecule has 0 radical (unpaired) electrons. The van der Waals surface area contributed by atoms with Crippen molar-refractivity contribution in [3.05, 3.63) is 71.8 Å². The summed E-state index contributed by atoms with van der Waals surface area (Å²) < 4.78 is 0. The molecular weight excluding hydrogens is 228 g/mol. The lowest BCUT2D eigenvalue weighted by atomic mass is 9.74. The zero-order valence-electron chi connectivity index (χ0n) is 12.1. The SMILES string of the molecule is C=C/C=C\C(=C/CC)[C@@H]1CC[C@H](C)c2ccccc21. The van der Waals surface area contributed by atoms with Gasteiger partial charge in [0.25, 0.3) is 0 Å². The van der Waals surface area contributed by atoms with Crippen LogP contribution in [-0.2, 0) is 0 Å². The summed E-state index contributed by atoms with van der Waals surface area (Å²) in [7, 11) is 0. The summed E-state index contributed by atoms with van der Waals surface area (Å²) in [6.45, 7) is 8.33. The van der Waals surface area contributed by atoms with Crippen LogP contribution in [0, 0.1) is 0 Å². The van der Waals surface area contributed by atoms with Crippen LogP contribution in [-0.4, -0.2) is 0 Å². The van der Waals surface area contributed by atoms with Crippen molar-refractivity contribution in [2.24, 2.45) is 0 Å². The number of hydrogen-bond acceptors (Lipinski definition) is 0. The molecule has 0 heteroatoms. The van der Waals surface area contributed by atoms with E-state index < -0.39 is 0 Å². The first-order valence-electron chi connectivity index (χ1n) is 7.35. The van der Waals surface area contributed by atoms with Gasteiger partial charge >= 0.3 is 0 Å². The fourth-order valence-electron chi connectivity index (χ4n) is 3.09. The summed E-state index contributed by atoms with van der Waals surface area (Å²) in [5, 5.41) is 0. The van der Waals surface area contributed by atoms with Crippen molar-refractivity contribution in [1.29, 1.82) is 0 Å². The highest BCUT2D eigenvalue weighted by Crippen LogP contribution is 2.42. The molecule has 0 saturated heterocycles. The Morgan fingerprint density at radius 2 is 2.00 bits per heavy atom. The van der Waals surface area contributed by atoms with Crippen molar-refractivity contribution in [2.75, 3.05) is 0 Å². The molecule has 100 valence electrons. The van der Waals surface area contributed by atoms with E-state index in [4.69, 9.17) is 0 Å². The van der Waals surface area contributed by atoms with Crippen molar-refractivity contribution in [1.82, 2.24) is 0 Å². The van der Waals surface area contributed by atoms with Crippen molar-refractivity contribution < 1.29 is 0 Å². The van der Waals surface area contributed by atoms with E-state index in [0.717, 1.165) is 6.42 Å². The Morgan fingerprint density at radius 3 is 2.68 bits per heavy atom. The van der Waals surface area contributed by atoms with Crippen LogP contribution < -0.4 is 0 Å². The molecule has 0 heterocycles. The molecule has 2 atom stereocenters. The molecule has 2 rings (SSSR count). The number of allylic oxidation sites excluding steroid dienone is 5. The average Bonchev–Trinajstić information content (AvgIpc) is 2.45. The van der Waals surface area contributed by atoms with Crippen LogP contribution in [0.15, 0.2) is 60.7 Å². The van der Waals surface area contributed by atoms with Gasteiger partial charge in [0, 0.05) is 5.92 Å². The van der Waals surface area contributed by atoms with Gasteiger partial charge < -0.3 is 0 Å². The van der Waals surface area contributed by atoms with Gasteiger partial charge in [-0.15, -0.1) is 0 Å². The van der Waals surface area contributed by atoms with Gasteiger partial charge in [0.2, 0.25) is 0 Å². The lowest BCUT2D eigenvalue weighted by Crippen LogP contribution is -2.14. The number of hydrogen-bond donors (Lipinski definition) is 0. The number of rotatable bonds is 4. The molecule has 0 fully saturated rings. The summed E-state index contributed by atoms with van der Waals surface area (Å²) in [4.78, 5) is 0. The second-order valence-electron chi connectivity index (χ2n) is 5.37. The molecule has 0 aliphatic heterocycles. The molecule has 0 amide bonds. The maximum absolute atomic E-state index is 3.78. The lowest BCUT2D eigenvalue weighted by molar-refractivity contribution is 0.544. The predicted octanol–water partition coefficient (Wildman–Crippen LogP) is 5.75. The maximum Gasteiger partial charge on any atom is 0.00892 e. The van der Waals surface area contributed by atoms with Gasteiger partial charge in [-0.05, 0) is 41.9 Å². The standard InChI is InChI=1S/C19H24/c1-4-6-10-16(9-5-2)18-14-13-15(3)17-11-7-8-12-19(17)18/h4,6-12,15,18H,1,5,13-14H2,2-3H3/b10-6-,16-9+/t15-,18-/m0/s1. The van der Waals surface area contributed by atoms with Crippen LogP contribution in [0.4, 0.5) is 0 Å². The molecule has 0 nitrogen and oxygen atoms in total. The molecule has 0 spiro atoms. The molecule has 0 aromatic heterocycles. The first-order chi connectivity index (χ1) is 9.27. The van der Waals surface area contributed by atoms with Crippen LogP contribution >= 0.6 is 0 Å². The summed E-state index contributed by atoms with van der Waals surface area (Å²) in [5.41, 5.74) is 4.50. The number of fused-ring (bicyclic) bond motifs is 1. The third-order valence-electron chi connectivity index (χ3n) is 4.06. The van der Waals surface area contributed by atoms with E-state index >= 15 is 0 Å². The summed E-state index contributed by atoms with van der Waals surface area (Å²) >= 11 is 0. The summed E-state index contributed by atoms with van der Waals surface area (Å²) in [6, 6.07) is 8.94. The van der Waals surface area contributed by atoms with Gasteiger partial charge in [-0.1, -0.05) is 69.0 Å². The van der Waals surface area contributed by atoms with Crippen molar-refractivity contribution in [3.8, 4) is 0 Å². The molecule has 1 aromatic carbocycles. The predicted molar refractivity (Wildman–Crippen MR) is 84.5 cm³/mol. The first-order valence-corrected chi connectivity index (χ1v) is 7.35. The monoisotopic (exact) mass is 252 g/mol. The summed E-state index contributed by atoms with van der Waals surface area (Å²) in [6.07, 6.45) is 12.1.